The Morgan fingerprint density at radius 3 is 2.82 bits per heavy atom. The Bertz CT molecular complexity index is 425. The molecule has 2 N–H and O–H groups in total. The van der Waals surface area contributed by atoms with Crippen molar-refractivity contribution in [3.63, 3.8) is 0 Å². The first-order valence-corrected chi connectivity index (χ1v) is 6.90. The molecule has 17 heavy (non-hydrogen) atoms. The molecule has 1 aliphatic rings. The number of nitrogens with zero attached hydrogens (tertiary/aromatic N) is 1. The van der Waals surface area contributed by atoms with Crippen molar-refractivity contribution in [2.75, 3.05) is 6.54 Å². The van der Waals surface area contributed by atoms with Gasteiger partial charge in [0, 0.05) is 17.5 Å². The lowest BCUT2D eigenvalue weighted by Crippen LogP contribution is -2.51. The van der Waals surface area contributed by atoms with Gasteiger partial charge in [-0.05, 0) is 44.2 Å². The Balaban J connectivity index is 2.09. The van der Waals surface area contributed by atoms with Crippen LogP contribution < -0.4 is 5.73 Å². The minimum atomic E-state index is -0.206. The van der Waals surface area contributed by atoms with Crippen molar-refractivity contribution in [1.82, 2.24) is 4.90 Å². The van der Waals surface area contributed by atoms with Crippen LogP contribution in [0.3, 0.4) is 0 Å². The average Bonchev–Trinajstić information content (AvgIpc) is 2.74. The number of amides is 1. The predicted octanol–water partition coefficient (Wildman–Crippen LogP) is 1.94. The molecule has 1 unspecified atom stereocenters. The highest BCUT2D eigenvalue weighted by Crippen LogP contribution is 2.29. The third kappa shape index (κ3) is 2.24. The molecule has 1 aliphatic heterocycles. The normalized spacial score (nSPS) is 23.1. The average molecular weight is 252 g/mol. The molecule has 0 aromatic carbocycles. The minimum Gasteiger partial charge on any atom is -0.336 e. The van der Waals surface area contributed by atoms with E-state index in [9.17, 15) is 4.79 Å². The van der Waals surface area contributed by atoms with Gasteiger partial charge >= 0.3 is 0 Å². The maximum absolute atomic E-state index is 12.3. The summed E-state index contributed by atoms with van der Waals surface area (Å²) < 4.78 is 0. The van der Waals surface area contributed by atoms with Gasteiger partial charge in [-0.25, -0.2) is 0 Å². The lowest BCUT2D eigenvalue weighted by atomic mass is 9.96. The third-order valence-corrected chi connectivity index (χ3v) is 4.87. The standard InChI is InChI=1S/C13H20N2OS/c1-9-5-7-17-10(9)8-12(16)15-6-4-11(14)13(15,2)3/h5,7,11H,4,6,8,14H2,1-3H3. The van der Waals surface area contributed by atoms with Gasteiger partial charge in [-0.2, -0.15) is 0 Å². The van der Waals surface area contributed by atoms with Gasteiger partial charge in [-0.3, -0.25) is 4.79 Å². The number of rotatable bonds is 2. The fourth-order valence-electron chi connectivity index (χ4n) is 2.37. The molecule has 2 rings (SSSR count). The van der Waals surface area contributed by atoms with Gasteiger partial charge in [0.15, 0.2) is 0 Å². The second kappa shape index (κ2) is 4.42. The number of carbonyl (C=O) groups excluding carboxylic acids is 1. The number of carbonyl (C=O) groups is 1. The number of nitrogens with two attached hydrogens (primary N) is 1. The van der Waals surface area contributed by atoms with Gasteiger partial charge in [-0.1, -0.05) is 0 Å². The zero-order chi connectivity index (χ0) is 12.6. The molecule has 1 fully saturated rings. The van der Waals surface area contributed by atoms with Crippen molar-refractivity contribution in [1.29, 1.82) is 0 Å². The Morgan fingerprint density at radius 1 is 1.65 bits per heavy atom. The largest absolute Gasteiger partial charge is 0.336 e. The molecule has 4 heteroatoms. The Kier molecular flexibility index (Phi) is 3.27. The van der Waals surface area contributed by atoms with Crippen molar-refractivity contribution in [3.05, 3.63) is 21.9 Å². The molecule has 2 heterocycles. The first-order chi connectivity index (χ1) is 7.93. The molecule has 1 amide bonds. The molecular weight excluding hydrogens is 232 g/mol. The lowest BCUT2D eigenvalue weighted by Gasteiger charge is -2.34. The van der Waals surface area contributed by atoms with Gasteiger partial charge in [-0.15, -0.1) is 11.3 Å². The number of hydrogen-bond acceptors (Lipinski definition) is 3. The van der Waals surface area contributed by atoms with Crippen LogP contribution in [-0.2, 0) is 11.2 Å². The quantitative estimate of drug-likeness (QED) is 0.874. The molecule has 1 saturated heterocycles. The Morgan fingerprint density at radius 2 is 2.35 bits per heavy atom. The maximum Gasteiger partial charge on any atom is 0.228 e. The smallest absolute Gasteiger partial charge is 0.228 e. The number of hydrogen-bond donors (Lipinski definition) is 1. The van der Waals surface area contributed by atoms with Gasteiger partial charge in [0.1, 0.15) is 0 Å². The van der Waals surface area contributed by atoms with Crippen LogP contribution >= 0.6 is 11.3 Å². The zero-order valence-electron chi connectivity index (χ0n) is 10.7. The van der Waals surface area contributed by atoms with E-state index >= 15 is 0 Å². The minimum absolute atomic E-state index is 0.0934. The summed E-state index contributed by atoms with van der Waals surface area (Å²) in [5.41, 5.74) is 7.06. The topological polar surface area (TPSA) is 46.3 Å². The van der Waals surface area contributed by atoms with Crippen LogP contribution in [0.2, 0.25) is 0 Å². The second-order valence-corrected chi connectivity index (χ2v) is 6.30. The SMILES string of the molecule is Cc1ccsc1CC(=O)N1CCC(N)C1(C)C. The molecule has 0 saturated carbocycles. The molecule has 0 bridgehead atoms. The summed E-state index contributed by atoms with van der Waals surface area (Å²) in [6.45, 7) is 6.96. The molecule has 1 atom stereocenters. The highest BCUT2D eigenvalue weighted by atomic mass is 32.1. The molecular formula is C13H20N2OS. The van der Waals surface area contributed by atoms with E-state index in [1.54, 1.807) is 11.3 Å². The van der Waals surface area contributed by atoms with Gasteiger partial charge in [0.05, 0.1) is 12.0 Å². The highest BCUT2D eigenvalue weighted by Gasteiger charge is 2.41. The second-order valence-electron chi connectivity index (χ2n) is 5.30. The lowest BCUT2D eigenvalue weighted by molar-refractivity contribution is -0.133. The summed E-state index contributed by atoms with van der Waals surface area (Å²) in [6.07, 6.45) is 1.42. The van der Waals surface area contributed by atoms with E-state index < -0.39 is 0 Å². The number of likely N-dealkylation sites (tertiary alicyclic amines) is 1. The molecule has 1 aromatic heterocycles. The van der Waals surface area contributed by atoms with Gasteiger partial charge in [0.25, 0.3) is 0 Å². The van der Waals surface area contributed by atoms with E-state index in [4.69, 9.17) is 5.73 Å². The Hall–Kier alpha value is -0.870. The van der Waals surface area contributed by atoms with Crippen LogP contribution in [0.15, 0.2) is 11.4 Å². The monoisotopic (exact) mass is 252 g/mol. The zero-order valence-corrected chi connectivity index (χ0v) is 11.5. The van der Waals surface area contributed by atoms with Crippen molar-refractivity contribution >= 4 is 17.2 Å². The summed E-state index contributed by atoms with van der Waals surface area (Å²) in [6, 6.07) is 2.16. The van der Waals surface area contributed by atoms with E-state index in [0.717, 1.165) is 13.0 Å². The Labute approximate surface area is 107 Å². The first-order valence-electron chi connectivity index (χ1n) is 6.02. The van der Waals surface area contributed by atoms with Crippen molar-refractivity contribution in [2.24, 2.45) is 5.73 Å². The highest BCUT2D eigenvalue weighted by molar-refractivity contribution is 7.10. The van der Waals surface area contributed by atoms with Crippen LogP contribution in [0.5, 0.6) is 0 Å². The summed E-state index contributed by atoms with van der Waals surface area (Å²) in [4.78, 5) is 15.4. The van der Waals surface area contributed by atoms with Gasteiger partial charge in [0.2, 0.25) is 5.91 Å². The van der Waals surface area contributed by atoms with Gasteiger partial charge < -0.3 is 10.6 Å². The maximum atomic E-state index is 12.3. The van der Waals surface area contributed by atoms with Crippen molar-refractivity contribution < 1.29 is 4.79 Å². The summed E-state index contributed by atoms with van der Waals surface area (Å²) in [7, 11) is 0. The number of thiophene rings is 1. The van der Waals surface area contributed by atoms with Crippen LogP contribution in [0.1, 0.15) is 30.7 Å². The molecule has 0 radical (unpaired) electrons. The molecule has 94 valence electrons. The summed E-state index contributed by atoms with van der Waals surface area (Å²) in [5.74, 6) is 0.202. The van der Waals surface area contributed by atoms with E-state index in [1.165, 1.54) is 10.4 Å². The third-order valence-electron chi connectivity index (χ3n) is 3.85. The van der Waals surface area contributed by atoms with Crippen LogP contribution in [-0.4, -0.2) is 28.9 Å². The van der Waals surface area contributed by atoms with Crippen molar-refractivity contribution in [3.8, 4) is 0 Å². The van der Waals surface area contributed by atoms with Crippen LogP contribution in [0.25, 0.3) is 0 Å². The predicted molar refractivity (Wildman–Crippen MR) is 71.1 cm³/mol. The van der Waals surface area contributed by atoms with E-state index in [-0.39, 0.29) is 17.5 Å². The fourth-order valence-corrected chi connectivity index (χ4v) is 3.27. The first kappa shape index (κ1) is 12.6. The van der Waals surface area contributed by atoms with Crippen LogP contribution in [0.4, 0.5) is 0 Å². The number of aryl methyl sites for hydroxylation is 1. The fraction of sp³-hybridized carbons (Fsp3) is 0.615. The summed E-state index contributed by atoms with van der Waals surface area (Å²) in [5, 5.41) is 2.04. The molecule has 0 spiro atoms. The van der Waals surface area contributed by atoms with E-state index in [1.807, 2.05) is 10.3 Å². The van der Waals surface area contributed by atoms with E-state index in [2.05, 4.69) is 26.8 Å². The van der Waals surface area contributed by atoms with Crippen molar-refractivity contribution in [2.45, 2.75) is 45.2 Å². The molecule has 0 aliphatic carbocycles. The van der Waals surface area contributed by atoms with Crippen LogP contribution in [0, 0.1) is 6.92 Å². The van der Waals surface area contributed by atoms with E-state index in [0.29, 0.717) is 6.42 Å². The summed E-state index contributed by atoms with van der Waals surface area (Å²) >= 11 is 1.66. The molecule has 1 aromatic rings. The molecule has 3 nitrogen and oxygen atoms in total.